The average molecular weight is 461 g/mol. The number of ether oxygens (including phenoxy) is 1. The van der Waals surface area contributed by atoms with Crippen LogP contribution < -0.4 is 10.2 Å². The van der Waals surface area contributed by atoms with Crippen LogP contribution in [0, 0.1) is 5.41 Å². The molecule has 1 aromatic heterocycles. The Morgan fingerprint density at radius 1 is 1.16 bits per heavy atom. The van der Waals surface area contributed by atoms with Crippen LogP contribution in [-0.4, -0.2) is 55.0 Å². The lowest BCUT2D eigenvalue weighted by Gasteiger charge is -2.29. The first-order chi connectivity index (χ1) is 15.0. The summed E-state index contributed by atoms with van der Waals surface area (Å²) in [5.41, 5.74) is 1.79. The highest BCUT2D eigenvalue weighted by Crippen LogP contribution is 2.24. The lowest BCUT2D eigenvalue weighted by atomic mass is 10.1. The Hall–Kier alpha value is -2.58. The minimum absolute atomic E-state index is 0.230. The second kappa shape index (κ2) is 9.70. The van der Waals surface area contributed by atoms with Crippen molar-refractivity contribution in [3.05, 3.63) is 51.2 Å². The number of piperidine rings is 1. The van der Waals surface area contributed by atoms with E-state index in [0.29, 0.717) is 28.0 Å². The zero-order valence-corrected chi connectivity index (χ0v) is 18.7. The van der Waals surface area contributed by atoms with Crippen molar-refractivity contribution in [1.82, 2.24) is 10.2 Å². The van der Waals surface area contributed by atoms with Crippen molar-refractivity contribution >= 4 is 46.5 Å². The Labute approximate surface area is 190 Å². The maximum atomic E-state index is 12.3. The average Bonchev–Trinajstić information content (AvgIpc) is 3.38. The summed E-state index contributed by atoms with van der Waals surface area (Å²) in [4.78, 5) is 28.7. The van der Waals surface area contributed by atoms with Gasteiger partial charge in [-0.05, 0) is 49.1 Å². The first-order valence-corrected chi connectivity index (χ1v) is 11.6. The van der Waals surface area contributed by atoms with Gasteiger partial charge in [0.1, 0.15) is 11.9 Å². The molecule has 3 heterocycles. The van der Waals surface area contributed by atoms with E-state index in [1.807, 2.05) is 24.3 Å². The van der Waals surface area contributed by atoms with Crippen molar-refractivity contribution in [3.63, 3.8) is 0 Å². The van der Waals surface area contributed by atoms with Gasteiger partial charge in [-0.2, -0.15) is 0 Å². The minimum atomic E-state index is -0.424. The van der Waals surface area contributed by atoms with Crippen LogP contribution in [0.4, 0.5) is 10.5 Å². The van der Waals surface area contributed by atoms with E-state index in [2.05, 4.69) is 10.2 Å². The molecule has 2 aliphatic heterocycles. The van der Waals surface area contributed by atoms with Gasteiger partial charge in [-0.1, -0.05) is 23.7 Å². The summed E-state index contributed by atoms with van der Waals surface area (Å²) in [5, 5.41) is 11.1. The number of cyclic esters (lactones) is 1. The summed E-state index contributed by atoms with van der Waals surface area (Å²) in [5.74, 6) is 0.419. The number of likely N-dealkylation sites (tertiary alicyclic amines) is 1. The summed E-state index contributed by atoms with van der Waals surface area (Å²) in [6.45, 7) is 2.54. The summed E-state index contributed by atoms with van der Waals surface area (Å²) in [6.07, 6.45) is 3.30. The molecular weight excluding hydrogens is 436 g/mol. The van der Waals surface area contributed by atoms with Crippen LogP contribution in [-0.2, 0) is 11.2 Å². The highest BCUT2D eigenvalue weighted by Gasteiger charge is 2.32. The third-order valence-corrected chi connectivity index (χ3v) is 6.75. The normalized spacial score (nSPS) is 18.7. The number of anilines is 1. The molecule has 2 saturated heterocycles. The number of carbonyl (C=O) groups is 2. The second-order valence-corrected chi connectivity index (χ2v) is 9.48. The largest absolute Gasteiger partial charge is 0.442 e. The van der Waals surface area contributed by atoms with Gasteiger partial charge in [-0.15, -0.1) is 11.3 Å². The Bertz CT molecular complexity index is 956. The second-order valence-electron chi connectivity index (χ2n) is 7.77. The number of rotatable bonds is 6. The number of thiophene rings is 1. The van der Waals surface area contributed by atoms with Gasteiger partial charge in [0.05, 0.1) is 22.3 Å². The first-order valence-electron chi connectivity index (χ1n) is 10.4. The number of halogens is 1. The fraction of sp³-hybridized carbons (Fsp3) is 0.409. The fourth-order valence-corrected chi connectivity index (χ4v) is 4.79. The van der Waals surface area contributed by atoms with Crippen LogP contribution in [0.1, 0.15) is 34.5 Å². The van der Waals surface area contributed by atoms with Crippen LogP contribution in [0.25, 0.3) is 0 Å². The molecule has 4 rings (SSSR count). The molecule has 2 fully saturated rings. The quantitative estimate of drug-likeness (QED) is 0.500. The van der Waals surface area contributed by atoms with Gasteiger partial charge in [0.25, 0.3) is 5.91 Å². The number of amides is 2. The first kappa shape index (κ1) is 21.6. The van der Waals surface area contributed by atoms with E-state index in [9.17, 15) is 9.59 Å². The van der Waals surface area contributed by atoms with Crippen LogP contribution in [0.2, 0.25) is 4.34 Å². The number of amidine groups is 1. The van der Waals surface area contributed by atoms with Gasteiger partial charge < -0.3 is 15.0 Å². The number of hydrogen-bond donors (Lipinski definition) is 2. The van der Waals surface area contributed by atoms with Gasteiger partial charge in [0.2, 0.25) is 0 Å². The van der Waals surface area contributed by atoms with Gasteiger partial charge >= 0.3 is 6.09 Å². The highest BCUT2D eigenvalue weighted by atomic mass is 35.5. The summed E-state index contributed by atoms with van der Waals surface area (Å²) < 4.78 is 5.96. The fourth-order valence-electron chi connectivity index (χ4n) is 3.83. The molecule has 2 N–H and O–H groups in total. The molecule has 0 aliphatic carbocycles. The van der Waals surface area contributed by atoms with E-state index in [0.717, 1.165) is 37.2 Å². The molecule has 0 bridgehead atoms. The van der Waals surface area contributed by atoms with Crippen LogP contribution in [0.15, 0.2) is 36.4 Å². The molecule has 2 amide bonds. The molecule has 2 aromatic rings. The number of nitrogens with one attached hydrogen (secondary N) is 2. The van der Waals surface area contributed by atoms with Crippen LogP contribution in [0.3, 0.4) is 0 Å². The molecular formula is C22H25ClN4O3S. The predicted octanol–water partition coefficient (Wildman–Crippen LogP) is 4.16. The molecule has 164 valence electrons. The van der Waals surface area contributed by atoms with Crippen LogP contribution >= 0.6 is 22.9 Å². The third kappa shape index (κ3) is 5.37. The van der Waals surface area contributed by atoms with Gasteiger partial charge in [-0.25, -0.2) is 4.79 Å². The van der Waals surface area contributed by atoms with Crippen molar-refractivity contribution in [3.8, 4) is 0 Å². The molecule has 0 saturated carbocycles. The van der Waals surface area contributed by atoms with E-state index >= 15 is 0 Å². The number of benzene rings is 1. The lowest BCUT2D eigenvalue weighted by molar-refractivity contribution is 0.0920. The molecule has 1 atom stereocenters. The van der Waals surface area contributed by atoms with Crippen molar-refractivity contribution in [2.24, 2.45) is 0 Å². The van der Waals surface area contributed by atoms with Crippen molar-refractivity contribution < 1.29 is 14.3 Å². The maximum Gasteiger partial charge on any atom is 0.414 e. The zero-order chi connectivity index (χ0) is 21.8. The Morgan fingerprint density at radius 3 is 2.58 bits per heavy atom. The number of nitrogens with zero attached hydrogens (tertiary/aromatic N) is 2. The van der Waals surface area contributed by atoms with Crippen molar-refractivity contribution in [1.29, 1.82) is 5.41 Å². The smallest absolute Gasteiger partial charge is 0.414 e. The third-order valence-electron chi connectivity index (χ3n) is 5.52. The maximum absolute atomic E-state index is 12.3. The van der Waals surface area contributed by atoms with Crippen LogP contribution in [0.5, 0.6) is 0 Å². The Morgan fingerprint density at radius 2 is 1.90 bits per heavy atom. The van der Waals surface area contributed by atoms with E-state index in [1.54, 1.807) is 17.0 Å². The summed E-state index contributed by atoms with van der Waals surface area (Å²) in [7, 11) is 0. The predicted molar refractivity (Wildman–Crippen MR) is 123 cm³/mol. The Balaban J connectivity index is 1.29. The molecule has 2 aliphatic rings. The number of carbonyl (C=O) groups excluding carboxylic acids is 2. The van der Waals surface area contributed by atoms with Gasteiger partial charge in [0.15, 0.2) is 0 Å². The molecule has 9 heteroatoms. The molecule has 0 spiro atoms. The van der Waals surface area contributed by atoms with Gasteiger partial charge in [0, 0.05) is 25.2 Å². The van der Waals surface area contributed by atoms with E-state index in [-0.39, 0.29) is 12.5 Å². The van der Waals surface area contributed by atoms with Crippen molar-refractivity contribution in [2.45, 2.75) is 31.8 Å². The number of hydrogen-bond acceptors (Lipinski definition) is 5. The van der Waals surface area contributed by atoms with Gasteiger partial charge in [-0.3, -0.25) is 15.1 Å². The van der Waals surface area contributed by atoms with E-state index in [1.165, 1.54) is 17.8 Å². The highest BCUT2D eigenvalue weighted by molar-refractivity contribution is 7.18. The van der Waals surface area contributed by atoms with E-state index in [4.69, 9.17) is 21.7 Å². The zero-order valence-electron chi connectivity index (χ0n) is 17.1. The molecule has 31 heavy (non-hydrogen) atoms. The van der Waals surface area contributed by atoms with Crippen molar-refractivity contribution in [2.75, 3.05) is 31.1 Å². The summed E-state index contributed by atoms with van der Waals surface area (Å²) in [6, 6.07) is 11.0. The summed E-state index contributed by atoms with van der Waals surface area (Å²) >= 11 is 7.07. The molecule has 1 aromatic carbocycles. The standard InChI is InChI=1S/C22H25ClN4O3S/c23-19-9-8-18(31-19)21(28)25-13-17-14-27(22(29)30-17)16-6-4-15(5-7-16)12-20(24)26-10-2-1-3-11-26/h4-9,17,24H,1-3,10-14H2,(H,25,28). The monoisotopic (exact) mass is 460 g/mol. The molecule has 7 nitrogen and oxygen atoms in total. The Kier molecular flexibility index (Phi) is 6.77. The SMILES string of the molecule is N=C(Cc1ccc(N2CC(CNC(=O)c3ccc(Cl)s3)OC2=O)cc1)N1CCCCC1. The lowest BCUT2D eigenvalue weighted by Crippen LogP contribution is -2.36. The molecule has 0 radical (unpaired) electrons. The topological polar surface area (TPSA) is 85.7 Å². The van der Waals surface area contributed by atoms with E-state index < -0.39 is 12.2 Å². The minimum Gasteiger partial charge on any atom is -0.442 e. The molecule has 1 unspecified atom stereocenters.